The van der Waals surface area contributed by atoms with Crippen LogP contribution in [0.1, 0.15) is 48.2 Å². The van der Waals surface area contributed by atoms with Gasteiger partial charge in [0.1, 0.15) is 0 Å². The van der Waals surface area contributed by atoms with E-state index in [0.717, 1.165) is 31.2 Å². The summed E-state index contributed by atoms with van der Waals surface area (Å²) in [6.07, 6.45) is 6.15. The van der Waals surface area contributed by atoms with Gasteiger partial charge in [0.05, 0.1) is 11.3 Å². The second-order valence-electron chi connectivity index (χ2n) is 7.44. The van der Waals surface area contributed by atoms with Crippen LogP contribution in [0.15, 0.2) is 48.7 Å². The summed E-state index contributed by atoms with van der Waals surface area (Å²) in [5, 5.41) is 11.6. The van der Waals surface area contributed by atoms with Gasteiger partial charge in [-0.15, -0.1) is 0 Å². The van der Waals surface area contributed by atoms with Crippen molar-refractivity contribution in [2.24, 2.45) is 5.92 Å². The molecule has 3 N–H and O–H groups in total. The first kappa shape index (κ1) is 17.0. The molecule has 2 heterocycles. The van der Waals surface area contributed by atoms with Crippen LogP contribution in [0.2, 0.25) is 0 Å². The third kappa shape index (κ3) is 2.76. The number of fused-ring (bicyclic) bond motifs is 1. The smallest absolute Gasteiger partial charge is 0.274 e. The van der Waals surface area contributed by atoms with Gasteiger partial charge in [-0.25, -0.2) is 4.98 Å². The second-order valence-corrected chi connectivity index (χ2v) is 7.44. The Hall–Kier alpha value is -2.40. The Kier molecular flexibility index (Phi) is 4.41. The van der Waals surface area contributed by atoms with Crippen molar-refractivity contribution in [2.75, 3.05) is 12.3 Å². The fourth-order valence-electron chi connectivity index (χ4n) is 4.75. The molecule has 0 unspecified atom stereocenters. The number of nitrogen functional groups attached to an aromatic ring is 1. The molecule has 26 heavy (non-hydrogen) atoms. The first-order valence-electron chi connectivity index (χ1n) is 9.40. The summed E-state index contributed by atoms with van der Waals surface area (Å²) in [5.41, 5.74) is 6.80. The summed E-state index contributed by atoms with van der Waals surface area (Å²) in [6.45, 7) is 0.515. The van der Waals surface area contributed by atoms with Crippen molar-refractivity contribution in [1.82, 2.24) is 9.88 Å². The molecule has 5 heteroatoms. The third-order valence-electron chi connectivity index (χ3n) is 6.05. The lowest BCUT2D eigenvalue weighted by Gasteiger charge is -2.52. The standard InChI is InChI=1S/C21H25N3O2/c22-17-10-6-13-23-19(17)20(25)24-14-12-21(26,15-7-2-1-3-8-15)16-9-4-5-11-18(16)24/h1-3,6-8,10,13,16,18,26H,4-5,9,11-12,14,22H2/t16-,18+,21-/m0/s1. The Morgan fingerprint density at radius 1 is 1.15 bits per heavy atom. The zero-order valence-electron chi connectivity index (χ0n) is 14.8. The quantitative estimate of drug-likeness (QED) is 0.872. The number of pyridine rings is 1. The number of hydrogen-bond donors (Lipinski definition) is 2. The van der Waals surface area contributed by atoms with Crippen molar-refractivity contribution in [3.63, 3.8) is 0 Å². The maximum atomic E-state index is 13.1. The SMILES string of the molecule is Nc1cccnc1C(=O)N1CC[C@](O)(c2ccccc2)[C@H]2CCCC[C@H]21. The number of rotatable bonds is 2. The van der Waals surface area contributed by atoms with Gasteiger partial charge < -0.3 is 15.7 Å². The number of aromatic nitrogens is 1. The Morgan fingerprint density at radius 2 is 1.92 bits per heavy atom. The van der Waals surface area contributed by atoms with E-state index in [1.54, 1.807) is 18.3 Å². The normalized spacial score (nSPS) is 28.4. The first-order chi connectivity index (χ1) is 12.6. The summed E-state index contributed by atoms with van der Waals surface area (Å²) in [4.78, 5) is 19.2. The molecule has 2 aliphatic rings. The number of nitrogens with two attached hydrogens (primary N) is 1. The minimum atomic E-state index is -0.876. The highest BCUT2D eigenvalue weighted by molar-refractivity contribution is 5.97. The Morgan fingerprint density at radius 3 is 2.69 bits per heavy atom. The number of aliphatic hydroxyl groups is 1. The molecule has 1 aliphatic carbocycles. The summed E-state index contributed by atoms with van der Waals surface area (Å²) in [6, 6.07) is 13.4. The number of piperidine rings is 1. The van der Waals surface area contributed by atoms with Crippen LogP contribution in [0.3, 0.4) is 0 Å². The zero-order valence-corrected chi connectivity index (χ0v) is 14.8. The molecular formula is C21H25N3O2. The number of carbonyl (C=O) groups excluding carboxylic acids is 1. The molecule has 0 radical (unpaired) electrons. The highest BCUT2D eigenvalue weighted by atomic mass is 16.3. The van der Waals surface area contributed by atoms with Gasteiger partial charge in [0.2, 0.25) is 0 Å². The van der Waals surface area contributed by atoms with Gasteiger partial charge in [0, 0.05) is 24.7 Å². The number of amides is 1. The van der Waals surface area contributed by atoms with Crippen molar-refractivity contribution >= 4 is 11.6 Å². The van der Waals surface area contributed by atoms with Crippen LogP contribution >= 0.6 is 0 Å². The Balaban J connectivity index is 1.67. The van der Waals surface area contributed by atoms with Crippen molar-refractivity contribution < 1.29 is 9.90 Å². The number of hydrogen-bond acceptors (Lipinski definition) is 4. The predicted octanol–water partition coefficient (Wildman–Crippen LogP) is 2.96. The molecule has 1 aromatic heterocycles. The average Bonchev–Trinajstić information content (AvgIpc) is 2.69. The van der Waals surface area contributed by atoms with Gasteiger partial charge in [0.25, 0.3) is 5.91 Å². The number of nitrogens with zero attached hydrogens (tertiary/aromatic N) is 2. The molecule has 1 saturated carbocycles. The maximum Gasteiger partial charge on any atom is 0.274 e. The predicted molar refractivity (Wildman–Crippen MR) is 100 cm³/mol. The highest BCUT2D eigenvalue weighted by Crippen LogP contribution is 2.47. The molecule has 1 saturated heterocycles. The van der Waals surface area contributed by atoms with Crippen molar-refractivity contribution in [3.8, 4) is 0 Å². The van der Waals surface area contributed by atoms with Gasteiger partial charge in [-0.3, -0.25) is 4.79 Å². The number of anilines is 1. The zero-order chi connectivity index (χ0) is 18.1. The molecule has 3 atom stereocenters. The molecule has 0 bridgehead atoms. The van der Waals surface area contributed by atoms with E-state index in [1.165, 1.54) is 0 Å². The molecule has 2 aromatic rings. The minimum Gasteiger partial charge on any atom is -0.397 e. The van der Waals surface area contributed by atoms with Gasteiger partial charge in [0.15, 0.2) is 5.69 Å². The van der Waals surface area contributed by atoms with Gasteiger partial charge in [-0.1, -0.05) is 43.2 Å². The topological polar surface area (TPSA) is 79.5 Å². The number of benzene rings is 1. The van der Waals surface area contributed by atoms with Crippen LogP contribution in [0, 0.1) is 5.92 Å². The van der Waals surface area contributed by atoms with Crippen LogP contribution in [-0.2, 0) is 5.60 Å². The van der Waals surface area contributed by atoms with E-state index in [4.69, 9.17) is 5.73 Å². The minimum absolute atomic E-state index is 0.0246. The van der Waals surface area contributed by atoms with E-state index in [0.29, 0.717) is 24.3 Å². The second kappa shape index (κ2) is 6.72. The molecular weight excluding hydrogens is 326 g/mol. The molecule has 136 valence electrons. The highest BCUT2D eigenvalue weighted by Gasteiger charge is 2.50. The lowest BCUT2D eigenvalue weighted by molar-refractivity contribution is -0.110. The van der Waals surface area contributed by atoms with Crippen molar-refractivity contribution in [3.05, 3.63) is 59.9 Å². The van der Waals surface area contributed by atoms with Crippen LogP contribution < -0.4 is 5.73 Å². The van der Waals surface area contributed by atoms with Gasteiger partial charge in [-0.2, -0.15) is 0 Å². The Bertz CT molecular complexity index is 795. The lowest BCUT2D eigenvalue weighted by atomic mass is 9.66. The molecule has 1 aromatic carbocycles. The van der Waals surface area contributed by atoms with Crippen molar-refractivity contribution in [1.29, 1.82) is 0 Å². The molecule has 5 nitrogen and oxygen atoms in total. The molecule has 0 spiro atoms. The molecule has 1 aliphatic heterocycles. The largest absolute Gasteiger partial charge is 0.397 e. The fraction of sp³-hybridized carbons (Fsp3) is 0.429. The number of likely N-dealkylation sites (tertiary alicyclic amines) is 1. The molecule has 1 amide bonds. The van der Waals surface area contributed by atoms with Crippen molar-refractivity contribution in [2.45, 2.75) is 43.7 Å². The van der Waals surface area contributed by atoms with Gasteiger partial charge in [-0.05, 0) is 37.0 Å². The third-order valence-corrected chi connectivity index (χ3v) is 6.05. The van der Waals surface area contributed by atoms with E-state index in [2.05, 4.69) is 4.98 Å². The van der Waals surface area contributed by atoms with Gasteiger partial charge >= 0.3 is 0 Å². The lowest BCUT2D eigenvalue weighted by Crippen LogP contribution is -2.59. The van der Waals surface area contributed by atoms with E-state index >= 15 is 0 Å². The van der Waals surface area contributed by atoms with E-state index in [9.17, 15) is 9.90 Å². The average molecular weight is 351 g/mol. The number of carbonyl (C=O) groups is 1. The molecule has 2 fully saturated rings. The summed E-state index contributed by atoms with van der Waals surface area (Å²) >= 11 is 0. The summed E-state index contributed by atoms with van der Waals surface area (Å²) < 4.78 is 0. The monoisotopic (exact) mass is 351 g/mol. The maximum absolute atomic E-state index is 13.1. The first-order valence-corrected chi connectivity index (χ1v) is 9.40. The van der Waals surface area contributed by atoms with Crippen LogP contribution in [0.4, 0.5) is 5.69 Å². The summed E-state index contributed by atoms with van der Waals surface area (Å²) in [7, 11) is 0. The van der Waals surface area contributed by atoms with Crippen LogP contribution in [0.5, 0.6) is 0 Å². The van der Waals surface area contributed by atoms with E-state index < -0.39 is 5.60 Å². The van der Waals surface area contributed by atoms with E-state index in [-0.39, 0.29) is 17.9 Å². The summed E-state index contributed by atoms with van der Waals surface area (Å²) in [5.74, 6) is -0.0728. The Labute approximate surface area is 153 Å². The van der Waals surface area contributed by atoms with Crippen LogP contribution in [0.25, 0.3) is 0 Å². The molecule has 4 rings (SSSR count). The van der Waals surface area contributed by atoms with Crippen LogP contribution in [-0.4, -0.2) is 33.5 Å². The van der Waals surface area contributed by atoms with E-state index in [1.807, 2.05) is 35.2 Å². The fourth-order valence-corrected chi connectivity index (χ4v) is 4.75.